The summed E-state index contributed by atoms with van der Waals surface area (Å²) in [5.74, 6) is 1.30. The SMILES string of the molecule is COC(C)c1nc2c(s1)CCCC2CNCC(C)C. The second kappa shape index (κ2) is 6.82. The predicted octanol–water partition coefficient (Wildman–Crippen LogP) is 3.52. The Bertz CT molecular complexity index is 403. The molecule has 0 saturated heterocycles. The highest BCUT2D eigenvalue weighted by Crippen LogP contribution is 2.36. The van der Waals surface area contributed by atoms with Gasteiger partial charge in [-0.2, -0.15) is 0 Å². The summed E-state index contributed by atoms with van der Waals surface area (Å²) < 4.78 is 5.39. The molecule has 2 atom stereocenters. The lowest BCUT2D eigenvalue weighted by Crippen LogP contribution is -2.27. The molecule has 0 fully saturated rings. The van der Waals surface area contributed by atoms with Crippen molar-refractivity contribution in [1.29, 1.82) is 0 Å². The summed E-state index contributed by atoms with van der Waals surface area (Å²) in [6.45, 7) is 8.74. The summed E-state index contributed by atoms with van der Waals surface area (Å²) in [4.78, 5) is 6.34. The molecule has 3 nitrogen and oxygen atoms in total. The highest BCUT2D eigenvalue weighted by atomic mass is 32.1. The van der Waals surface area contributed by atoms with Crippen LogP contribution in [0.5, 0.6) is 0 Å². The van der Waals surface area contributed by atoms with Crippen LogP contribution in [0.25, 0.3) is 0 Å². The van der Waals surface area contributed by atoms with Crippen molar-refractivity contribution in [3.05, 3.63) is 15.6 Å². The van der Waals surface area contributed by atoms with Crippen LogP contribution < -0.4 is 5.32 Å². The van der Waals surface area contributed by atoms with Gasteiger partial charge in [0.2, 0.25) is 0 Å². The molecule has 0 bridgehead atoms. The van der Waals surface area contributed by atoms with Gasteiger partial charge < -0.3 is 10.1 Å². The minimum Gasteiger partial charge on any atom is -0.375 e. The summed E-state index contributed by atoms with van der Waals surface area (Å²) in [6, 6.07) is 0. The summed E-state index contributed by atoms with van der Waals surface area (Å²) in [5, 5.41) is 4.72. The Hall–Kier alpha value is -0.450. The molecule has 2 unspecified atom stereocenters. The molecule has 19 heavy (non-hydrogen) atoms. The van der Waals surface area contributed by atoms with Crippen LogP contribution in [0.15, 0.2) is 0 Å². The van der Waals surface area contributed by atoms with Crippen molar-refractivity contribution in [2.45, 2.75) is 52.1 Å². The molecule has 0 radical (unpaired) electrons. The number of hydrogen-bond acceptors (Lipinski definition) is 4. The van der Waals surface area contributed by atoms with Crippen molar-refractivity contribution >= 4 is 11.3 Å². The Labute approximate surface area is 120 Å². The first-order chi connectivity index (χ1) is 9.11. The van der Waals surface area contributed by atoms with Crippen molar-refractivity contribution < 1.29 is 4.74 Å². The highest BCUT2D eigenvalue weighted by molar-refractivity contribution is 7.11. The monoisotopic (exact) mass is 282 g/mol. The largest absolute Gasteiger partial charge is 0.375 e. The Kier molecular flexibility index (Phi) is 5.37. The fraction of sp³-hybridized carbons (Fsp3) is 0.800. The fourth-order valence-electron chi connectivity index (χ4n) is 2.55. The molecule has 1 aromatic heterocycles. The van der Waals surface area contributed by atoms with Crippen molar-refractivity contribution in [2.24, 2.45) is 5.92 Å². The zero-order chi connectivity index (χ0) is 13.8. The average Bonchev–Trinajstić information content (AvgIpc) is 2.82. The molecule has 0 aliphatic heterocycles. The fourth-order valence-corrected chi connectivity index (χ4v) is 3.77. The normalized spacial score (nSPS) is 20.6. The first-order valence-corrected chi connectivity index (χ1v) is 8.16. The zero-order valence-corrected chi connectivity index (χ0v) is 13.3. The van der Waals surface area contributed by atoms with Crippen molar-refractivity contribution in [2.75, 3.05) is 20.2 Å². The predicted molar refractivity (Wildman–Crippen MR) is 80.9 cm³/mol. The number of fused-ring (bicyclic) bond motifs is 1. The van der Waals surface area contributed by atoms with Gasteiger partial charge in [-0.25, -0.2) is 4.98 Å². The molecule has 1 N–H and O–H groups in total. The van der Waals surface area contributed by atoms with Gasteiger partial charge in [-0.05, 0) is 38.6 Å². The Morgan fingerprint density at radius 2 is 2.21 bits per heavy atom. The molecule has 108 valence electrons. The number of aromatic nitrogens is 1. The van der Waals surface area contributed by atoms with Crippen molar-refractivity contribution in [3.63, 3.8) is 0 Å². The van der Waals surface area contributed by atoms with E-state index in [1.807, 2.05) is 11.3 Å². The number of rotatable bonds is 6. The molecule has 1 aliphatic rings. The van der Waals surface area contributed by atoms with Crippen LogP contribution >= 0.6 is 11.3 Å². The van der Waals surface area contributed by atoms with E-state index in [9.17, 15) is 0 Å². The Morgan fingerprint density at radius 3 is 2.89 bits per heavy atom. The molecule has 0 amide bonds. The Morgan fingerprint density at radius 1 is 1.42 bits per heavy atom. The summed E-state index contributed by atoms with van der Waals surface area (Å²) in [6.07, 6.45) is 3.89. The number of ether oxygens (including phenoxy) is 1. The summed E-state index contributed by atoms with van der Waals surface area (Å²) >= 11 is 1.85. The molecule has 4 heteroatoms. The highest BCUT2D eigenvalue weighted by Gasteiger charge is 2.25. The van der Waals surface area contributed by atoms with E-state index in [0.717, 1.165) is 18.1 Å². The minimum absolute atomic E-state index is 0.125. The van der Waals surface area contributed by atoms with Gasteiger partial charge in [0, 0.05) is 24.4 Å². The second-order valence-electron chi connectivity index (χ2n) is 5.88. The van der Waals surface area contributed by atoms with Gasteiger partial charge in [-0.3, -0.25) is 0 Å². The van der Waals surface area contributed by atoms with Crippen LogP contribution in [0.1, 0.15) is 61.2 Å². The van der Waals surface area contributed by atoms with E-state index in [1.165, 1.54) is 29.8 Å². The molecule has 2 rings (SSSR count). The van der Waals surface area contributed by atoms with E-state index in [2.05, 4.69) is 26.1 Å². The third-order valence-electron chi connectivity index (χ3n) is 3.73. The molecule has 0 aromatic carbocycles. The summed E-state index contributed by atoms with van der Waals surface area (Å²) in [7, 11) is 1.76. The molecule has 1 aliphatic carbocycles. The number of hydrogen-bond donors (Lipinski definition) is 1. The zero-order valence-electron chi connectivity index (χ0n) is 12.5. The summed E-state index contributed by atoms with van der Waals surface area (Å²) in [5.41, 5.74) is 1.34. The van der Waals surface area contributed by atoms with E-state index in [1.54, 1.807) is 7.11 Å². The van der Waals surface area contributed by atoms with Crippen LogP contribution in [-0.2, 0) is 11.2 Å². The van der Waals surface area contributed by atoms with Gasteiger partial charge in [-0.1, -0.05) is 13.8 Å². The molecule has 1 aromatic rings. The van der Waals surface area contributed by atoms with E-state index in [-0.39, 0.29) is 6.10 Å². The Balaban J connectivity index is 2.04. The average molecular weight is 282 g/mol. The number of nitrogens with one attached hydrogen (secondary N) is 1. The maximum absolute atomic E-state index is 5.39. The van der Waals surface area contributed by atoms with Gasteiger partial charge >= 0.3 is 0 Å². The molecule has 1 heterocycles. The van der Waals surface area contributed by atoms with Crippen LogP contribution in [0.2, 0.25) is 0 Å². The topological polar surface area (TPSA) is 34.1 Å². The van der Waals surface area contributed by atoms with E-state index in [0.29, 0.717) is 11.8 Å². The maximum atomic E-state index is 5.39. The third-order valence-corrected chi connectivity index (χ3v) is 5.02. The molecule has 0 saturated carbocycles. The quantitative estimate of drug-likeness (QED) is 0.867. The molecule has 0 spiro atoms. The van der Waals surface area contributed by atoms with E-state index >= 15 is 0 Å². The van der Waals surface area contributed by atoms with Crippen LogP contribution in [-0.4, -0.2) is 25.2 Å². The van der Waals surface area contributed by atoms with Crippen molar-refractivity contribution in [3.8, 4) is 0 Å². The van der Waals surface area contributed by atoms with E-state index < -0.39 is 0 Å². The van der Waals surface area contributed by atoms with Gasteiger partial charge in [0.15, 0.2) is 0 Å². The standard InChI is InChI=1S/C15H26N2OS/c1-10(2)8-16-9-12-6-5-7-13-14(12)17-15(19-13)11(3)18-4/h10-12,16H,5-9H2,1-4H3. The van der Waals surface area contributed by atoms with Gasteiger partial charge in [0.1, 0.15) is 11.1 Å². The smallest absolute Gasteiger partial charge is 0.122 e. The molecular weight excluding hydrogens is 256 g/mol. The maximum Gasteiger partial charge on any atom is 0.122 e. The van der Waals surface area contributed by atoms with Crippen LogP contribution in [0.3, 0.4) is 0 Å². The van der Waals surface area contributed by atoms with E-state index in [4.69, 9.17) is 9.72 Å². The number of aryl methyl sites for hydroxylation is 1. The van der Waals surface area contributed by atoms with Crippen LogP contribution in [0.4, 0.5) is 0 Å². The first kappa shape index (κ1) is 14.9. The second-order valence-corrected chi connectivity index (χ2v) is 6.99. The lowest BCUT2D eigenvalue weighted by molar-refractivity contribution is 0.119. The lowest BCUT2D eigenvalue weighted by Gasteiger charge is -2.22. The third kappa shape index (κ3) is 3.77. The van der Waals surface area contributed by atoms with Crippen LogP contribution in [0, 0.1) is 5.92 Å². The van der Waals surface area contributed by atoms with Gasteiger partial charge in [0.05, 0.1) is 5.69 Å². The lowest BCUT2D eigenvalue weighted by atomic mass is 9.91. The van der Waals surface area contributed by atoms with Crippen molar-refractivity contribution in [1.82, 2.24) is 10.3 Å². The van der Waals surface area contributed by atoms with Gasteiger partial charge in [0.25, 0.3) is 0 Å². The van der Waals surface area contributed by atoms with Gasteiger partial charge in [-0.15, -0.1) is 11.3 Å². The number of nitrogens with zero attached hydrogens (tertiary/aromatic N) is 1. The number of methoxy groups -OCH3 is 1. The molecular formula is C15H26N2OS. The first-order valence-electron chi connectivity index (χ1n) is 7.34. The number of thiazole rings is 1. The minimum atomic E-state index is 0.125.